The van der Waals surface area contributed by atoms with Crippen LogP contribution in [0.5, 0.6) is 0 Å². The normalized spacial score (nSPS) is 17.1. The third kappa shape index (κ3) is 4.12. The third-order valence-electron chi connectivity index (χ3n) is 5.80. The fourth-order valence-electron chi connectivity index (χ4n) is 4.10. The lowest BCUT2D eigenvalue weighted by Crippen LogP contribution is -2.29. The fraction of sp³-hybridized carbons (Fsp3) is 0.200. The van der Waals surface area contributed by atoms with Crippen molar-refractivity contribution in [2.75, 3.05) is 4.90 Å². The minimum Gasteiger partial charge on any atom is -0.507 e. The average Bonchev–Trinajstić information content (AvgIpc) is 3.32. The highest BCUT2D eigenvalue weighted by Crippen LogP contribution is 2.44. The highest BCUT2D eigenvalue weighted by Gasteiger charge is 2.48. The summed E-state index contributed by atoms with van der Waals surface area (Å²) in [5.74, 6) is -2.52. The molecule has 0 radical (unpaired) electrons. The quantitative estimate of drug-likeness (QED) is 0.135. The third-order valence-corrected chi connectivity index (χ3v) is 7.06. The van der Waals surface area contributed by atoms with Gasteiger partial charge in [-0.15, -0.1) is 0 Å². The second kappa shape index (κ2) is 8.88. The molecule has 0 saturated carbocycles. The van der Waals surface area contributed by atoms with Crippen molar-refractivity contribution >= 4 is 45.4 Å². The van der Waals surface area contributed by atoms with E-state index in [1.807, 2.05) is 13.0 Å². The summed E-state index contributed by atoms with van der Waals surface area (Å²) in [5, 5.41) is 22.8. The lowest BCUT2D eigenvalue weighted by atomic mass is 9.93. The summed E-state index contributed by atoms with van der Waals surface area (Å²) in [4.78, 5) is 55.2. The van der Waals surface area contributed by atoms with Crippen molar-refractivity contribution < 1.29 is 24.4 Å². The van der Waals surface area contributed by atoms with Gasteiger partial charge in [-0.3, -0.25) is 29.4 Å². The number of carbonyl (C=O) groups is 3. The molecule has 2 heterocycles. The summed E-state index contributed by atoms with van der Waals surface area (Å²) in [6, 6.07) is 9.69. The summed E-state index contributed by atoms with van der Waals surface area (Å²) in [7, 11) is 0. The summed E-state index contributed by atoms with van der Waals surface area (Å²) < 4.78 is 0. The number of hydrogen-bond acceptors (Lipinski definition) is 8. The number of nitrogens with zero attached hydrogens (tertiary/aromatic N) is 3. The molecule has 1 amide bonds. The Kier molecular flexibility index (Phi) is 6.08. The number of Topliss-reactive ketones (excluding diaryl/α,β-unsaturated/α-hetero) is 2. The van der Waals surface area contributed by atoms with Crippen molar-refractivity contribution in [3.63, 3.8) is 0 Å². The Hall–Kier alpha value is -4.18. The molecule has 1 aromatic heterocycles. The van der Waals surface area contributed by atoms with Crippen LogP contribution in [0.2, 0.25) is 0 Å². The van der Waals surface area contributed by atoms with Gasteiger partial charge in [0.1, 0.15) is 5.76 Å². The maximum Gasteiger partial charge on any atom is 0.301 e. The van der Waals surface area contributed by atoms with E-state index in [4.69, 9.17) is 0 Å². The molecule has 10 heteroatoms. The number of aliphatic hydroxyl groups excluding tert-OH is 1. The molecule has 1 aliphatic rings. The average molecular weight is 492 g/mol. The number of carbonyl (C=O) groups excluding carboxylic acids is 3. The minimum atomic E-state index is -1.18. The molecule has 0 spiro atoms. The largest absolute Gasteiger partial charge is 0.507 e. The summed E-state index contributed by atoms with van der Waals surface area (Å²) in [6.07, 6.45) is 0. The summed E-state index contributed by atoms with van der Waals surface area (Å²) in [5.41, 5.74) is 2.09. The van der Waals surface area contributed by atoms with Crippen LogP contribution in [0.3, 0.4) is 0 Å². The van der Waals surface area contributed by atoms with Crippen LogP contribution in [0.25, 0.3) is 5.76 Å². The highest BCUT2D eigenvalue weighted by molar-refractivity contribution is 7.18. The zero-order valence-corrected chi connectivity index (χ0v) is 20.2. The SMILES string of the molecule is CC(=O)c1sc(N2C(=O)C(=O)C(=C(O)c3cc(C)ccc3C)C2c2cccc([N+](=O)[O-])c2)nc1C. The van der Waals surface area contributed by atoms with Crippen LogP contribution in [0.15, 0.2) is 48.0 Å². The first-order valence-electron chi connectivity index (χ1n) is 10.6. The fourth-order valence-corrected chi connectivity index (χ4v) is 5.09. The molecule has 3 aromatic rings. The van der Waals surface area contributed by atoms with Crippen molar-refractivity contribution in [2.45, 2.75) is 33.7 Å². The van der Waals surface area contributed by atoms with Crippen molar-refractivity contribution in [1.82, 2.24) is 4.98 Å². The molecular weight excluding hydrogens is 470 g/mol. The number of aliphatic hydroxyl groups is 1. The van der Waals surface area contributed by atoms with E-state index < -0.39 is 22.7 Å². The minimum absolute atomic E-state index is 0.0892. The number of amides is 1. The Morgan fingerprint density at radius 3 is 2.49 bits per heavy atom. The number of ketones is 2. The van der Waals surface area contributed by atoms with Crippen LogP contribution >= 0.6 is 11.3 Å². The van der Waals surface area contributed by atoms with Gasteiger partial charge in [0, 0.05) is 24.6 Å². The van der Waals surface area contributed by atoms with Gasteiger partial charge in [-0.2, -0.15) is 0 Å². The van der Waals surface area contributed by atoms with E-state index in [9.17, 15) is 29.6 Å². The number of anilines is 1. The van der Waals surface area contributed by atoms with Gasteiger partial charge in [0.05, 0.1) is 27.1 Å². The second-order valence-corrected chi connectivity index (χ2v) is 9.28. The Morgan fingerprint density at radius 2 is 1.86 bits per heavy atom. The first-order valence-corrected chi connectivity index (χ1v) is 11.4. The molecular formula is C25H21N3O6S. The van der Waals surface area contributed by atoms with E-state index >= 15 is 0 Å². The Morgan fingerprint density at radius 1 is 1.14 bits per heavy atom. The van der Waals surface area contributed by atoms with E-state index in [1.165, 1.54) is 25.1 Å². The van der Waals surface area contributed by atoms with E-state index in [-0.39, 0.29) is 33.5 Å². The molecule has 0 bridgehead atoms. The number of hydrogen-bond donors (Lipinski definition) is 1. The predicted octanol–water partition coefficient (Wildman–Crippen LogP) is 4.81. The Bertz CT molecular complexity index is 1460. The first-order chi connectivity index (χ1) is 16.5. The molecule has 4 rings (SSSR count). The van der Waals surface area contributed by atoms with E-state index in [2.05, 4.69) is 4.98 Å². The van der Waals surface area contributed by atoms with E-state index in [0.29, 0.717) is 21.7 Å². The van der Waals surface area contributed by atoms with Gasteiger partial charge >= 0.3 is 5.91 Å². The maximum atomic E-state index is 13.3. The molecule has 1 atom stereocenters. The standard InChI is InChI=1S/C25H21N3O6S/c1-12-8-9-13(2)18(10-12)21(30)19-20(16-6-5-7-17(11-16)28(33)34)27(24(32)22(19)31)25-26-14(3)23(35-25)15(4)29/h5-11,20,30H,1-4H3. The lowest BCUT2D eigenvalue weighted by Gasteiger charge is -2.23. The van der Waals surface area contributed by atoms with Crippen LogP contribution in [0, 0.1) is 30.9 Å². The summed E-state index contributed by atoms with van der Waals surface area (Å²) in [6.45, 7) is 6.58. The van der Waals surface area contributed by atoms with Gasteiger partial charge < -0.3 is 5.11 Å². The van der Waals surface area contributed by atoms with Crippen molar-refractivity contribution in [3.8, 4) is 0 Å². The number of aromatic nitrogens is 1. The number of rotatable bonds is 5. The van der Waals surface area contributed by atoms with Gasteiger partial charge in [0.25, 0.3) is 11.5 Å². The number of nitro groups is 1. The molecule has 2 aromatic carbocycles. The molecule has 9 nitrogen and oxygen atoms in total. The van der Waals surface area contributed by atoms with Crippen molar-refractivity contribution in [3.05, 3.63) is 91.0 Å². The monoisotopic (exact) mass is 491 g/mol. The zero-order chi connectivity index (χ0) is 25.6. The van der Waals surface area contributed by atoms with Gasteiger partial charge in [0.15, 0.2) is 10.9 Å². The topological polar surface area (TPSA) is 131 Å². The molecule has 1 unspecified atom stereocenters. The van der Waals surface area contributed by atoms with Crippen LogP contribution < -0.4 is 4.90 Å². The van der Waals surface area contributed by atoms with Crippen molar-refractivity contribution in [1.29, 1.82) is 0 Å². The Labute approximate surface area is 204 Å². The second-order valence-electron chi connectivity index (χ2n) is 8.31. The first kappa shape index (κ1) is 24.0. The van der Waals surface area contributed by atoms with Gasteiger partial charge in [-0.05, 0) is 38.0 Å². The van der Waals surface area contributed by atoms with Gasteiger partial charge in [0.2, 0.25) is 0 Å². The molecule has 1 saturated heterocycles. The molecule has 1 fully saturated rings. The van der Waals surface area contributed by atoms with E-state index in [0.717, 1.165) is 21.8 Å². The number of nitro benzene ring substituents is 1. The smallest absolute Gasteiger partial charge is 0.301 e. The molecule has 1 aliphatic heterocycles. The molecule has 0 aliphatic carbocycles. The van der Waals surface area contributed by atoms with Crippen molar-refractivity contribution in [2.24, 2.45) is 0 Å². The van der Waals surface area contributed by atoms with Crippen LogP contribution in [-0.4, -0.2) is 32.5 Å². The number of benzene rings is 2. The van der Waals surface area contributed by atoms with E-state index in [1.54, 1.807) is 32.0 Å². The Balaban J connectivity index is 2.01. The van der Waals surface area contributed by atoms with Crippen LogP contribution in [-0.2, 0) is 9.59 Å². The van der Waals surface area contributed by atoms with Crippen LogP contribution in [0.4, 0.5) is 10.8 Å². The van der Waals surface area contributed by atoms with Crippen LogP contribution in [0.1, 0.15) is 50.6 Å². The van der Waals surface area contributed by atoms with Gasteiger partial charge in [-0.1, -0.05) is 41.2 Å². The number of aryl methyl sites for hydroxylation is 3. The summed E-state index contributed by atoms with van der Waals surface area (Å²) >= 11 is 0.949. The molecule has 1 N–H and O–H groups in total. The predicted molar refractivity (Wildman–Crippen MR) is 131 cm³/mol. The highest BCUT2D eigenvalue weighted by atomic mass is 32.1. The number of non-ortho nitro benzene ring substituents is 1. The molecule has 178 valence electrons. The zero-order valence-electron chi connectivity index (χ0n) is 19.4. The number of thiazole rings is 1. The lowest BCUT2D eigenvalue weighted by molar-refractivity contribution is -0.384. The molecule has 35 heavy (non-hydrogen) atoms. The van der Waals surface area contributed by atoms with Gasteiger partial charge in [-0.25, -0.2) is 4.98 Å². The maximum absolute atomic E-state index is 13.3.